The van der Waals surface area contributed by atoms with E-state index in [-0.39, 0.29) is 12.4 Å². The maximum Gasteiger partial charge on any atom is 0.308 e. The van der Waals surface area contributed by atoms with Crippen molar-refractivity contribution in [2.75, 3.05) is 145 Å². The standard InChI is InChI=1S/C30H56O13/c1-5-7-32-9-11-34-13-15-36-17-19-38-21-23-40-25-27-42-28-26-41-24-22-39-20-18-37-16-14-35-12-10-33-8-6-29(31)43-30(2,3)4/h1H,6-28H2,2-4H3. The number of hydrogen-bond donors (Lipinski definition) is 0. The van der Waals surface area contributed by atoms with Crippen LogP contribution in [0.3, 0.4) is 0 Å². The lowest BCUT2D eigenvalue weighted by atomic mass is 10.2. The molecule has 43 heavy (non-hydrogen) atoms. The SMILES string of the molecule is C#CCOCCOCCOCCOCCOCCOCCOCCOCCOCCOCCOCCC(=O)OC(C)(C)C. The van der Waals surface area contributed by atoms with E-state index in [2.05, 4.69) is 5.92 Å². The summed E-state index contributed by atoms with van der Waals surface area (Å²) in [6, 6.07) is 0. The van der Waals surface area contributed by atoms with Crippen LogP contribution < -0.4 is 0 Å². The maximum atomic E-state index is 11.5. The zero-order valence-electron chi connectivity index (χ0n) is 26.6. The average molecular weight is 625 g/mol. The first-order valence-corrected chi connectivity index (χ1v) is 15.0. The van der Waals surface area contributed by atoms with E-state index in [1.807, 2.05) is 20.8 Å². The van der Waals surface area contributed by atoms with Gasteiger partial charge in [-0.15, -0.1) is 6.42 Å². The summed E-state index contributed by atoms with van der Waals surface area (Å²) in [4.78, 5) is 11.5. The van der Waals surface area contributed by atoms with Crippen molar-refractivity contribution in [1.29, 1.82) is 0 Å². The highest BCUT2D eigenvalue weighted by molar-refractivity contribution is 5.69. The zero-order chi connectivity index (χ0) is 31.5. The number of rotatable bonds is 34. The van der Waals surface area contributed by atoms with E-state index < -0.39 is 5.60 Å². The Morgan fingerprint density at radius 2 is 0.674 bits per heavy atom. The summed E-state index contributed by atoms with van der Waals surface area (Å²) in [5, 5.41) is 0. The Morgan fingerprint density at radius 3 is 0.907 bits per heavy atom. The van der Waals surface area contributed by atoms with Crippen molar-refractivity contribution in [3.63, 3.8) is 0 Å². The molecule has 0 radical (unpaired) electrons. The van der Waals surface area contributed by atoms with Crippen LogP contribution in [-0.2, 0) is 61.6 Å². The molecule has 0 aromatic rings. The molecule has 0 bridgehead atoms. The van der Waals surface area contributed by atoms with Crippen LogP contribution in [-0.4, -0.2) is 157 Å². The highest BCUT2D eigenvalue weighted by Gasteiger charge is 2.15. The zero-order valence-corrected chi connectivity index (χ0v) is 26.6. The van der Waals surface area contributed by atoms with Crippen LogP contribution in [0, 0.1) is 12.3 Å². The van der Waals surface area contributed by atoms with Crippen molar-refractivity contribution < 1.29 is 61.6 Å². The molecule has 0 spiro atoms. The molecule has 0 aliphatic heterocycles. The first-order chi connectivity index (χ1) is 21.0. The third-order valence-electron chi connectivity index (χ3n) is 4.78. The molecule has 0 aliphatic carbocycles. The van der Waals surface area contributed by atoms with E-state index in [4.69, 9.17) is 63.3 Å². The van der Waals surface area contributed by atoms with Crippen molar-refractivity contribution in [1.82, 2.24) is 0 Å². The fraction of sp³-hybridized carbons (Fsp3) is 0.900. The Bertz CT molecular complexity index is 622. The fourth-order valence-corrected chi connectivity index (χ4v) is 2.88. The summed E-state index contributed by atoms with van der Waals surface area (Å²) in [6.45, 7) is 15.9. The predicted molar refractivity (Wildman–Crippen MR) is 158 cm³/mol. The molecule has 13 nitrogen and oxygen atoms in total. The van der Waals surface area contributed by atoms with Crippen molar-refractivity contribution in [3.05, 3.63) is 0 Å². The number of terminal acetylenes is 1. The molecule has 254 valence electrons. The van der Waals surface area contributed by atoms with Crippen molar-refractivity contribution in [2.45, 2.75) is 32.8 Å². The second-order valence-electron chi connectivity index (χ2n) is 9.72. The van der Waals surface area contributed by atoms with Gasteiger partial charge in [-0.05, 0) is 20.8 Å². The van der Waals surface area contributed by atoms with Crippen LogP contribution in [0.5, 0.6) is 0 Å². The van der Waals surface area contributed by atoms with Crippen LogP contribution in [0.15, 0.2) is 0 Å². The van der Waals surface area contributed by atoms with Crippen molar-refractivity contribution in [3.8, 4) is 12.3 Å². The summed E-state index contributed by atoms with van der Waals surface area (Å²) in [7, 11) is 0. The van der Waals surface area contributed by atoms with E-state index in [1.165, 1.54) is 0 Å². The number of ether oxygens (including phenoxy) is 12. The first kappa shape index (κ1) is 41.6. The maximum absolute atomic E-state index is 11.5. The molecule has 0 saturated heterocycles. The van der Waals surface area contributed by atoms with E-state index in [0.29, 0.717) is 145 Å². The smallest absolute Gasteiger partial charge is 0.308 e. The lowest BCUT2D eigenvalue weighted by Crippen LogP contribution is -2.24. The number of hydrogen-bond acceptors (Lipinski definition) is 13. The molecule has 0 saturated carbocycles. The lowest BCUT2D eigenvalue weighted by Gasteiger charge is -2.19. The summed E-state index contributed by atoms with van der Waals surface area (Å²) in [5.41, 5.74) is -0.473. The monoisotopic (exact) mass is 624 g/mol. The predicted octanol–water partition coefficient (Wildman–Crippen LogP) is 1.53. The molecule has 13 heteroatoms. The molecule has 0 rings (SSSR count). The van der Waals surface area contributed by atoms with Gasteiger partial charge in [-0.3, -0.25) is 4.79 Å². The van der Waals surface area contributed by atoms with E-state index in [1.54, 1.807) is 0 Å². The molecular weight excluding hydrogens is 568 g/mol. The molecule has 0 aromatic carbocycles. The summed E-state index contributed by atoms with van der Waals surface area (Å²) in [6.07, 6.45) is 5.31. The molecular formula is C30H56O13. The van der Waals surface area contributed by atoms with E-state index in [9.17, 15) is 4.79 Å². The minimum Gasteiger partial charge on any atom is -0.460 e. The number of carbonyl (C=O) groups excluding carboxylic acids is 1. The lowest BCUT2D eigenvalue weighted by molar-refractivity contribution is -0.156. The van der Waals surface area contributed by atoms with Gasteiger partial charge in [0.25, 0.3) is 0 Å². The first-order valence-electron chi connectivity index (χ1n) is 15.0. The number of esters is 1. The third kappa shape index (κ3) is 38.6. The Balaban J connectivity index is 3.09. The van der Waals surface area contributed by atoms with Crippen LogP contribution in [0.1, 0.15) is 27.2 Å². The van der Waals surface area contributed by atoms with Crippen LogP contribution in [0.4, 0.5) is 0 Å². The van der Waals surface area contributed by atoms with E-state index >= 15 is 0 Å². The topological polar surface area (TPSA) is 128 Å². The van der Waals surface area contributed by atoms with Crippen molar-refractivity contribution in [2.24, 2.45) is 0 Å². The molecule has 0 aromatic heterocycles. The van der Waals surface area contributed by atoms with Gasteiger partial charge in [-0.1, -0.05) is 5.92 Å². The van der Waals surface area contributed by atoms with Gasteiger partial charge in [-0.25, -0.2) is 0 Å². The van der Waals surface area contributed by atoms with Gasteiger partial charge in [0.15, 0.2) is 0 Å². The average Bonchev–Trinajstić information content (AvgIpc) is 2.96. The molecule has 0 N–H and O–H groups in total. The molecule has 0 fully saturated rings. The fourth-order valence-electron chi connectivity index (χ4n) is 2.88. The molecule has 0 amide bonds. The minimum atomic E-state index is -0.473. The van der Waals surface area contributed by atoms with Crippen LogP contribution >= 0.6 is 0 Å². The molecule has 0 heterocycles. The highest BCUT2D eigenvalue weighted by Crippen LogP contribution is 2.08. The second kappa shape index (κ2) is 33.5. The van der Waals surface area contributed by atoms with Gasteiger partial charge in [0.05, 0.1) is 145 Å². The van der Waals surface area contributed by atoms with Gasteiger partial charge in [0, 0.05) is 0 Å². The molecule has 0 atom stereocenters. The third-order valence-corrected chi connectivity index (χ3v) is 4.78. The summed E-state index contributed by atoms with van der Waals surface area (Å²) in [5.74, 6) is 2.13. The quantitative estimate of drug-likeness (QED) is 0.0584. The van der Waals surface area contributed by atoms with Crippen LogP contribution in [0.25, 0.3) is 0 Å². The largest absolute Gasteiger partial charge is 0.460 e. The van der Waals surface area contributed by atoms with Gasteiger partial charge < -0.3 is 56.8 Å². The summed E-state index contributed by atoms with van der Waals surface area (Å²) >= 11 is 0. The number of carbonyl (C=O) groups is 1. The van der Waals surface area contributed by atoms with Gasteiger partial charge in [0.2, 0.25) is 0 Å². The second-order valence-corrected chi connectivity index (χ2v) is 9.72. The Labute approximate surface area is 258 Å². The molecule has 0 unspecified atom stereocenters. The van der Waals surface area contributed by atoms with Gasteiger partial charge in [-0.2, -0.15) is 0 Å². The summed E-state index contributed by atoms with van der Waals surface area (Å²) < 4.78 is 64.5. The van der Waals surface area contributed by atoms with Gasteiger partial charge >= 0.3 is 5.97 Å². The Hall–Kier alpha value is -1.41. The van der Waals surface area contributed by atoms with Crippen LogP contribution in [0.2, 0.25) is 0 Å². The minimum absolute atomic E-state index is 0.232. The van der Waals surface area contributed by atoms with Crippen molar-refractivity contribution >= 4 is 5.97 Å². The Morgan fingerprint density at radius 1 is 0.442 bits per heavy atom. The Kier molecular flexibility index (Phi) is 32.4. The van der Waals surface area contributed by atoms with E-state index in [0.717, 1.165) is 0 Å². The van der Waals surface area contributed by atoms with Gasteiger partial charge in [0.1, 0.15) is 12.2 Å². The molecule has 0 aliphatic rings. The normalized spacial score (nSPS) is 11.6. The highest BCUT2D eigenvalue weighted by atomic mass is 16.6.